The Morgan fingerprint density at radius 2 is 1.59 bits per heavy atom. The number of nitrogens with one attached hydrogen (secondary N) is 2. The maximum atomic E-state index is 13.7. The monoisotopic (exact) mass is 561 g/mol. The second-order valence-electron chi connectivity index (χ2n) is 10.3. The molecule has 4 atom stereocenters. The van der Waals surface area contributed by atoms with Crippen LogP contribution in [0.4, 0.5) is 0 Å². The van der Waals surface area contributed by atoms with Gasteiger partial charge >= 0.3 is 0 Å². The molecule has 0 aromatic heterocycles. The number of sulfonamides is 1. The minimum atomic E-state index is -3.96. The largest absolute Gasteiger partial charge is 0.497 e. The van der Waals surface area contributed by atoms with E-state index in [4.69, 9.17) is 4.74 Å². The molecule has 0 saturated carbocycles. The van der Waals surface area contributed by atoms with Gasteiger partial charge in [-0.3, -0.25) is 9.59 Å². The number of ether oxygens (including phenoxy) is 1. The van der Waals surface area contributed by atoms with Gasteiger partial charge in [0.25, 0.3) is 0 Å². The number of carbonyl (C=O) groups excluding carboxylic acids is 2. The Morgan fingerprint density at radius 1 is 0.974 bits per heavy atom. The van der Waals surface area contributed by atoms with E-state index < -0.39 is 34.1 Å². The minimum absolute atomic E-state index is 0.0393. The van der Waals surface area contributed by atoms with E-state index in [-0.39, 0.29) is 42.1 Å². The third kappa shape index (κ3) is 9.63. The molecule has 0 bridgehead atoms. The van der Waals surface area contributed by atoms with Crippen molar-refractivity contribution >= 4 is 21.8 Å². The smallest absolute Gasteiger partial charge is 0.243 e. The molecule has 0 aliphatic rings. The van der Waals surface area contributed by atoms with Crippen LogP contribution in [0.3, 0.4) is 0 Å². The fourth-order valence-corrected chi connectivity index (χ4v) is 5.74. The summed E-state index contributed by atoms with van der Waals surface area (Å²) in [6, 6.07) is 13.9. The zero-order valence-electron chi connectivity index (χ0n) is 23.8. The molecular weight excluding hydrogens is 518 g/mol. The Morgan fingerprint density at radius 3 is 2.10 bits per heavy atom. The zero-order chi connectivity index (χ0) is 29.2. The SMILES string of the molecule is CC[C@@H](C)CN(C[C@@H](O)[C@H](Cc1ccccc1)NC(=O)[C@@H](NC(C)=O)C(C)C)S(=O)(=O)c1ccc(OC)cc1. The van der Waals surface area contributed by atoms with Crippen molar-refractivity contribution < 1.29 is 27.9 Å². The molecule has 39 heavy (non-hydrogen) atoms. The lowest BCUT2D eigenvalue weighted by molar-refractivity contribution is -0.130. The number of hydrogen-bond donors (Lipinski definition) is 3. The number of nitrogens with zero attached hydrogens (tertiary/aromatic N) is 1. The molecule has 2 rings (SSSR count). The molecule has 3 N–H and O–H groups in total. The molecule has 216 valence electrons. The van der Waals surface area contributed by atoms with E-state index in [1.165, 1.54) is 30.5 Å². The predicted octanol–water partition coefficient (Wildman–Crippen LogP) is 2.98. The van der Waals surface area contributed by atoms with E-state index >= 15 is 0 Å². The molecule has 10 heteroatoms. The molecule has 0 radical (unpaired) electrons. The van der Waals surface area contributed by atoms with Gasteiger partial charge in [-0.1, -0.05) is 64.4 Å². The van der Waals surface area contributed by atoms with Gasteiger partial charge in [-0.25, -0.2) is 8.42 Å². The normalized spacial score (nSPS) is 14.9. The van der Waals surface area contributed by atoms with Gasteiger partial charge in [0.2, 0.25) is 21.8 Å². The van der Waals surface area contributed by atoms with Crippen molar-refractivity contribution in [3.05, 3.63) is 60.2 Å². The summed E-state index contributed by atoms with van der Waals surface area (Å²) in [4.78, 5) is 25.0. The molecule has 0 heterocycles. The molecule has 2 aromatic carbocycles. The first-order valence-corrected chi connectivity index (χ1v) is 14.8. The van der Waals surface area contributed by atoms with Crippen molar-refractivity contribution in [2.75, 3.05) is 20.2 Å². The van der Waals surface area contributed by atoms with E-state index in [9.17, 15) is 23.1 Å². The number of carbonyl (C=O) groups is 2. The van der Waals surface area contributed by atoms with Gasteiger partial charge in [0, 0.05) is 20.0 Å². The average Bonchev–Trinajstić information content (AvgIpc) is 2.91. The van der Waals surface area contributed by atoms with Crippen LogP contribution >= 0.6 is 0 Å². The number of amides is 2. The Kier molecular flexibility index (Phi) is 12.4. The lowest BCUT2D eigenvalue weighted by atomic mass is 9.98. The summed E-state index contributed by atoms with van der Waals surface area (Å²) in [6.07, 6.45) is -0.198. The summed E-state index contributed by atoms with van der Waals surface area (Å²) >= 11 is 0. The first-order chi connectivity index (χ1) is 18.4. The molecule has 0 aliphatic carbocycles. The van der Waals surface area contributed by atoms with Crippen LogP contribution in [-0.2, 0) is 26.0 Å². The number of aliphatic hydroxyl groups excluding tert-OH is 1. The highest BCUT2D eigenvalue weighted by Gasteiger charge is 2.33. The van der Waals surface area contributed by atoms with Crippen LogP contribution in [0.25, 0.3) is 0 Å². The molecule has 2 aromatic rings. The Labute approximate surface area is 233 Å². The van der Waals surface area contributed by atoms with Crippen molar-refractivity contribution in [2.45, 2.75) is 70.5 Å². The number of aliphatic hydroxyl groups is 1. The van der Waals surface area contributed by atoms with Crippen LogP contribution in [0.2, 0.25) is 0 Å². The third-order valence-corrected chi connectivity index (χ3v) is 8.54. The standard InChI is InChI=1S/C29H43N3O6S/c1-7-21(4)18-32(39(36,37)25-15-13-24(38-6)14-16-25)19-27(34)26(17-23-11-9-8-10-12-23)31-29(35)28(20(2)3)30-22(5)33/h8-16,20-21,26-28,34H,7,17-19H2,1-6H3,(H,30,33)(H,31,35)/t21-,26+,27-,28+/m1/s1. The fraction of sp³-hybridized carbons (Fsp3) is 0.517. The van der Waals surface area contributed by atoms with Crippen LogP contribution in [0, 0.1) is 11.8 Å². The van der Waals surface area contributed by atoms with Crippen molar-refractivity contribution in [3.8, 4) is 5.75 Å². The minimum Gasteiger partial charge on any atom is -0.497 e. The summed E-state index contributed by atoms with van der Waals surface area (Å²) in [5.74, 6) is -0.397. The van der Waals surface area contributed by atoms with Gasteiger partial charge in [0.15, 0.2) is 0 Å². The van der Waals surface area contributed by atoms with Crippen LogP contribution in [0.5, 0.6) is 5.75 Å². The molecular formula is C29H43N3O6S. The highest BCUT2D eigenvalue weighted by Crippen LogP contribution is 2.22. The zero-order valence-corrected chi connectivity index (χ0v) is 24.6. The first kappa shape index (κ1) is 32.3. The number of benzene rings is 2. The molecule has 0 fully saturated rings. The number of methoxy groups -OCH3 is 1. The summed E-state index contributed by atoms with van der Waals surface area (Å²) in [5, 5.41) is 17.0. The van der Waals surface area contributed by atoms with E-state index in [0.717, 1.165) is 12.0 Å². The summed E-state index contributed by atoms with van der Waals surface area (Å²) in [5.41, 5.74) is 0.869. The fourth-order valence-electron chi connectivity index (χ4n) is 4.16. The Balaban J connectivity index is 2.39. The van der Waals surface area contributed by atoms with Gasteiger partial charge < -0.3 is 20.5 Å². The highest BCUT2D eigenvalue weighted by molar-refractivity contribution is 7.89. The van der Waals surface area contributed by atoms with Crippen molar-refractivity contribution in [1.82, 2.24) is 14.9 Å². The van der Waals surface area contributed by atoms with E-state index in [0.29, 0.717) is 5.75 Å². The van der Waals surface area contributed by atoms with E-state index in [1.807, 2.05) is 58.0 Å². The maximum absolute atomic E-state index is 13.7. The summed E-state index contributed by atoms with van der Waals surface area (Å²) in [7, 11) is -2.45. The molecule has 0 unspecified atom stereocenters. The Bertz CT molecular complexity index is 1160. The van der Waals surface area contributed by atoms with Crippen LogP contribution in [-0.4, -0.2) is 68.0 Å². The van der Waals surface area contributed by atoms with Gasteiger partial charge in [0.1, 0.15) is 11.8 Å². The van der Waals surface area contributed by atoms with Crippen LogP contribution < -0.4 is 15.4 Å². The Hall–Kier alpha value is -2.95. The van der Waals surface area contributed by atoms with E-state index in [2.05, 4.69) is 10.6 Å². The van der Waals surface area contributed by atoms with Crippen molar-refractivity contribution in [1.29, 1.82) is 0 Å². The second-order valence-corrected chi connectivity index (χ2v) is 12.2. The number of hydrogen-bond acceptors (Lipinski definition) is 6. The quantitative estimate of drug-likeness (QED) is 0.307. The third-order valence-electron chi connectivity index (χ3n) is 6.70. The molecule has 0 spiro atoms. The number of rotatable bonds is 15. The van der Waals surface area contributed by atoms with Gasteiger partial charge in [-0.2, -0.15) is 4.31 Å². The topological polar surface area (TPSA) is 125 Å². The van der Waals surface area contributed by atoms with Crippen molar-refractivity contribution in [3.63, 3.8) is 0 Å². The molecule has 0 aliphatic heterocycles. The summed E-state index contributed by atoms with van der Waals surface area (Å²) < 4.78 is 33.8. The van der Waals surface area contributed by atoms with Crippen LogP contribution in [0.1, 0.15) is 46.6 Å². The van der Waals surface area contributed by atoms with Crippen LogP contribution in [0.15, 0.2) is 59.5 Å². The highest BCUT2D eigenvalue weighted by atomic mass is 32.2. The summed E-state index contributed by atoms with van der Waals surface area (Å²) in [6.45, 7) is 8.89. The van der Waals surface area contributed by atoms with Gasteiger partial charge in [-0.05, 0) is 48.1 Å². The van der Waals surface area contributed by atoms with E-state index in [1.54, 1.807) is 12.1 Å². The average molecular weight is 562 g/mol. The van der Waals surface area contributed by atoms with Gasteiger partial charge in [0.05, 0.1) is 24.2 Å². The first-order valence-electron chi connectivity index (χ1n) is 13.3. The predicted molar refractivity (Wildman–Crippen MR) is 152 cm³/mol. The van der Waals surface area contributed by atoms with Crippen molar-refractivity contribution in [2.24, 2.45) is 11.8 Å². The maximum Gasteiger partial charge on any atom is 0.243 e. The lowest BCUT2D eigenvalue weighted by Gasteiger charge is -2.32. The molecule has 2 amide bonds. The van der Waals surface area contributed by atoms with Gasteiger partial charge in [-0.15, -0.1) is 0 Å². The molecule has 9 nitrogen and oxygen atoms in total. The second kappa shape index (κ2) is 15.0. The lowest BCUT2D eigenvalue weighted by Crippen LogP contribution is -2.56. The molecule has 0 saturated heterocycles.